The van der Waals surface area contributed by atoms with Crippen molar-refractivity contribution in [2.45, 2.75) is 26.4 Å². The summed E-state index contributed by atoms with van der Waals surface area (Å²) in [6.07, 6.45) is 1.53. The summed E-state index contributed by atoms with van der Waals surface area (Å²) < 4.78 is 5.49. The molecule has 1 fully saturated rings. The van der Waals surface area contributed by atoms with E-state index in [-0.39, 0.29) is 6.09 Å². The second-order valence-electron chi connectivity index (χ2n) is 8.87. The van der Waals surface area contributed by atoms with Crippen molar-refractivity contribution in [1.29, 1.82) is 0 Å². The minimum atomic E-state index is -0.515. The van der Waals surface area contributed by atoms with Crippen LogP contribution in [-0.2, 0) is 4.74 Å². The summed E-state index contributed by atoms with van der Waals surface area (Å²) in [4.78, 5) is 25.8. The highest BCUT2D eigenvalue weighted by Crippen LogP contribution is 2.35. The van der Waals surface area contributed by atoms with Crippen molar-refractivity contribution in [3.63, 3.8) is 0 Å². The predicted octanol–water partition coefficient (Wildman–Crippen LogP) is 6.17. The van der Waals surface area contributed by atoms with E-state index in [1.165, 1.54) is 0 Å². The molecule has 0 radical (unpaired) electrons. The Hall–Kier alpha value is -2.83. The number of carbonyl (C=O) groups is 1. The zero-order valence-corrected chi connectivity index (χ0v) is 20.4. The van der Waals surface area contributed by atoms with Gasteiger partial charge in [0.25, 0.3) is 0 Å². The second kappa shape index (κ2) is 9.57. The molecule has 33 heavy (non-hydrogen) atoms. The van der Waals surface area contributed by atoms with Gasteiger partial charge < -0.3 is 14.5 Å². The Morgan fingerprint density at radius 2 is 1.61 bits per heavy atom. The summed E-state index contributed by atoms with van der Waals surface area (Å²) in [6.45, 7) is 7.91. The lowest BCUT2D eigenvalue weighted by Gasteiger charge is -2.35. The van der Waals surface area contributed by atoms with Crippen molar-refractivity contribution in [2.75, 3.05) is 31.1 Å². The fourth-order valence-corrected chi connectivity index (χ4v) is 3.99. The normalized spacial score (nSPS) is 14.3. The number of ether oxygens (including phenoxy) is 1. The van der Waals surface area contributed by atoms with Gasteiger partial charge in [-0.15, -0.1) is 0 Å². The van der Waals surface area contributed by atoms with Gasteiger partial charge in [0.15, 0.2) is 0 Å². The Balaban J connectivity index is 1.62. The number of hydrogen-bond acceptors (Lipinski definition) is 5. The van der Waals surface area contributed by atoms with Gasteiger partial charge in [-0.3, -0.25) is 0 Å². The Morgan fingerprint density at radius 3 is 2.24 bits per heavy atom. The van der Waals surface area contributed by atoms with Crippen LogP contribution < -0.4 is 4.90 Å². The summed E-state index contributed by atoms with van der Waals surface area (Å²) >= 11 is 12.6. The third kappa shape index (κ3) is 5.57. The van der Waals surface area contributed by atoms with E-state index in [0.717, 1.165) is 22.4 Å². The topological polar surface area (TPSA) is 58.6 Å². The molecule has 1 aliphatic heterocycles. The number of hydrogen-bond donors (Lipinski definition) is 0. The molecule has 2 heterocycles. The Morgan fingerprint density at radius 1 is 0.939 bits per heavy atom. The fourth-order valence-electron chi connectivity index (χ4n) is 3.64. The van der Waals surface area contributed by atoms with E-state index in [0.29, 0.717) is 42.2 Å². The van der Waals surface area contributed by atoms with Crippen LogP contribution in [0.4, 0.5) is 10.7 Å². The molecule has 172 valence electrons. The largest absolute Gasteiger partial charge is 0.444 e. The maximum Gasteiger partial charge on any atom is 0.410 e. The van der Waals surface area contributed by atoms with E-state index in [9.17, 15) is 4.79 Å². The smallest absolute Gasteiger partial charge is 0.410 e. The highest BCUT2D eigenvalue weighted by Gasteiger charge is 2.27. The van der Waals surface area contributed by atoms with E-state index in [1.807, 2.05) is 75.5 Å². The molecule has 0 bridgehead atoms. The van der Waals surface area contributed by atoms with E-state index in [4.69, 9.17) is 32.9 Å². The lowest BCUT2D eigenvalue weighted by atomic mass is 10.0. The van der Waals surface area contributed by atoms with Crippen LogP contribution in [0.3, 0.4) is 0 Å². The maximum atomic E-state index is 12.4. The molecule has 3 aromatic rings. The standard InChI is InChI=1S/C25H26Cl2N4O2/c1-25(2,3)33-24(32)31-14-12-30(13-15-31)23-28-16-20(17-8-10-18(26)11-9-17)22(29-23)19-6-4-5-7-21(19)27/h4-11,16H,12-15H2,1-3H3. The number of carbonyl (C=O) groups excluding carboxylic acids is 1. The van der Waals surface area contributed by atoms with Gasteiger partial charge in [-0.25, -0.2) is 14.8 Å². The first-order valence-electron chi connectivity index (χ1n) is 10.8. The Kier molecular flexibility index (Phi) is 6.77. The molecule has 0 N–H and O–H groups in total. The van der Waals surface area contributed by atoms with Gasteiger partial charge in [0, 0.05) is 53.5 Å². The SMILES string of the molecule is CC(C)(C)OC(=O)N1CCN(c2ncc(-c3ccc(Cl)cc3)c(-c3ccccc3Cl)n2)CC1. The molecule has 0 saturated carbocycles. The zero-order chi connectivity index (χ0) is 23.6. The minimum absolute atomic E-state index is 0.294. The average molecular weight is 485 g/mol. The van der Waals surface area contributed by atoms with E-state index in [2.05, 4.69) is 9.88 Å². The van der Waals surface area contributed by atoms with Crippen molar-refractivity contribution in [1.82, 2.24) is 14.9 Å². The first-order valence-corrected chi connectivity index (χ1v) is 11.6. The molecule has 1 aliphatic rings. The van der Waals surface area contributed by atoms with Crippen LogP contribution in [0.25, 0.3) is 22.4 Å². The van der Waals surface area contributed by atoms with Crippen LogP contribution in [0.1, 0.15) is 20.8 Å². The first kappa shape index (κ1) is 23.3. The van der Waals surface area contributed by atoms with Crippen molar-refractivity contribution in [3.8, 4) is 22.4 Å². The van der Waals surface area contributed by atoms with E-state index < -0.39 is 5.60 Å². The summed E-state index contributed by atoms with van der Waals surface area (Å²) in [5, 5.41) is 1.28. The quantitative estimate of drug-likeness (QED) is 0.444. The van der Waals surface area contributed by atoms with E-state index >= 15 is 0 Å². The van der Waals surface area contributed by atoms with Crippen LogP contribution in [-0.4, -0.2) is 52.7 Å². The Bertz CT molecular complexity index is 1140. The molecule has 6 nitrogen and oxygen atoms in total. The Labute approximate surface area is 204 Å². The van der Waals surface area contributed by atoms with Gasteiger partial charge in [-0.1, -0.05) is 53.5 Å². The minimum Gasteiger partial charge on any atom is -0.444 e. The summed E-state index contributed by atoms with van der Waals surface area (Å²) in [7, 11) is 0. The van der Waals surface area contributed by atoms with Crippen molar-refractivity contribution in [2.24, 2.45) is 0 Å². The number of benzene rings is 2. The van der Waals surface area contributed by atoms with Gasteiger partial charge in [-0.2, -0.15) is 0 Å². The van der Waals surface area contributed by atoms with Gasteiger partial charge in [-0.05, 0) is 44.5 Å². The van der Waals surface area contributed by atoms with Gasteiger partial charge in [0.2, 0.25) is 5.95 Å². The molecule has 0 atom stereocenters. The van der Waals surface area contributed by atoms with Crippen LogP contribution >= 0.6 is 23.2 Å². The summed E-state index contributed by atoms with van der Waals surface area (Å²) in [5.74, 6) is 0.603. The summed E-state index contributed by atoms with van der Waals surface area (Å²) in [6, 6.07) is 15.2. The molecule has 1 saturated heterocycles. The van der Waals surface area contributed by atoms with E-state index in [1.54, 1.807) is 4.90 Å². The van der Waals surface area contributed by atoms with Gasteiger partial charge in [0.05, 0.1) is 5.69 Å². The van der Waals surface area contributed by atoms with Crippen molar-refractivity contribution in [3.05, 3.63) is 64.8 Å². The van der Waals surface area contributed by atoms with Crippen LogP contribution in [0.2, 0.25) is 10.0 Å². The van der Waals surface area contributed by atoms with Crippen LogP contribution in [0, 0.1) is 0 Å². The van der Waals surface area contributed by atoms with Gasteiger partial charge >= 0.3 is 6.09 Å². The lowest BCUT2D eigenvalue weighted by molar-refractivity contribution is 0.0240. The second-order valence-corrected chi connectivity index (χ2v) is 9.72. The number of nitrogens with zero attached hydrogens (tertiary/aromatic N) is 4. The molecule has 0 aliphatic carbocycles. The van der Waals surface area contributed by atoms with Crippen LogP contribution in [0.15, 0.2) is 54.7 Å². The summed E-state index contributed by atoms with van der Waals surface area (Å²) in [5.41, 5.74) is 2.90. The third-order valence-corrected chi connectivity index (χ3v) is 5.86. The molecule has 1 aromatic heterocycles. The zero-order valence-electron chi connectivity index (χ0n) is 18.9. The fraction of sp³-hybridized carbons (Fsp3) is 0.320. The van der Waals surface area contributed by atoms with Crippen LogP contribution in [0.5, 0.6) is 0 Å². The highest BCUT2D eigenvalue weighted by atomic mass is 35.5. The molecular formula is C25H26Cl2N4O2. The lowest BCUT2D eigenvalue weighted by Crippen LogP contribution is -2.50. The number of aromatic nitrogens is 2. The molecule has 0 spiro atoms. The monoisotopic (exact) mass is 484 g/mol. The molecule has 4 rings (SSSR count). The number of piperazine rings is 1. The average Bonchev–Trinajstić information content (AvgIpc) is 2.79. The first-order chi connectivity index (χ1) is 15.7. The predicted molar refractivity (Wildman–Crippen MR) is 133 cm³/mol. The number of halogens is 2. The molecule has 0 unspecified atom stereocenters. The third-order valence-electron chi connectivity index (χ3n) is 5.27. The van der Waals surface area contributed by atoms with Crippen molar-refractivity contribution < 1.29 is 9.53 Å². The number of anilines is 1. The molecule has 1 amide bonds. The van der Waals surface area contributed by atoms with Gasteiger partial charge in [0.1, 0.15) is 5.60 Å². The number of amides is 1. The molecule has 8 heteroatoms. The highest BCUT2D eigenvalue weighted by molar-refractivity contribution is 6.33. The number of rotatable bonds is 3. The molecule has 2 aromatic carbocycles. The van der Waals surface area contributed by atoms with Crippen molar-refractivity contribution >= 4 is 35.2 Å². The maximum absolute atomic E-state index is 12.4. The molecular weight excluding hydrogens is 459 g/mol.